The summed E-state index contributed by atoms with van der Waals surface area (Å²) < 4.78 is 29.6. The molecule has 0 saturated carbocycles. The molecule has 0 spiro atoms. The number of anilines is 1. The van der Waals surface area contributed by atoms with Crippen molar-refractivity contribution in [3.63, 3.8) is 0 Å². The highest BCUT2D eigenvalue weighted by Gasteiger charge is 2.20. The van der Waals surface area contributed by atoms with E-state index in [1.54, 1.807) is 49.4 Å². The maximum absolute atomic E-state index is 13.5. The van der Waals surface area contributed by atoms with Gasteiger partial charge >= 0.3 is 0 Å². The van der Waals surface area contributed by atoms with E-state index in [4.69, 9.17) is 21.3 Å². The minimum Gasteiger partial charge on any atom is -0.360 e. The SMILES string of the molecule is Cc1onc2c1c(=O)n(-c1cccc(CC(=O)Nc3ccc(S(N)(=O)=O)cc3)c1)c1cccc(Cl)c21. The molecule has 2 heterocycles. The summed E-state index contributed by atoms with van der Waals surface area (Å²) >= 11 is 6.48. The zero-order chi connectivity index (χ0) is 25.6. The highest BCUT2D eigenvalue weighted by atomic mass is 35.5. The summed E-state index contributed by atoms with van der Waals surface area (Å²) in [6, 6.07) is 17.8. The number of fused-ring (bicyclic) bond motifs is 3. The van der Waals surface area contributed by atoms with E-state index in [2.05, 4.69) is 10.5 Å². The van der Waals surface area contributed by atoms with Crippen molar-refractivity contribution in [1.82, 2.24) is 9.72 Å². The zero-order valence-electron chi connectivity index (χ0n) is 18.9. The monoisotopic (exact) mass is 522 g/mol. The molecule has 9 nitrogen and oxygen atoms in total. The third-order valence-electron chi connectivity index (χ3n) is 5.75. The molecular formula is C25H19ClN4O5S. The molecule has 0 radical (unpaired) electrons. The molecule has 1 amide bonds. The van der Waals surface area contributed by atoms with E-state index in [1.807, 2.05) is 0 Å². The maximum atomic E-state index is 13.5. The molecule has 5 rings (SSSR count). The van der Waals surface area contributed by atoms with Gasteiger partial charge in [0, 0.05) is 16.8 Å². The molecule has 3 aromatic carbocycles. The second-order valence-electron chi connectivity index (χ2n) is 8.20. The van der Waals surface area contributed by atoms with Crippen molar-refractivity contribution in [2.45, 2.75) is 18.2 Å². The Morgan fingerprint density at radius 1 is 1.08 bits per heavy atom. The summed E-state index contributed by atoms with van der Waals surface area (Å²) in [5.74, 6) is 0.0654. The predicted octanol–water partition coefficient (Wildman–Crippen LogP) is 3.92. The molecule has 0 atom stereocenters. The first-order valence-electron chi connectivity index (χ1n) is 10.7. The smallest absolute Gasteiger partial charge is 0.268 e. The number of aromatic nitrogens is 2. The Morgan fingerprint density at radius 3 is 2.53 bits per heavy atom. The average molecular weight is 523 g/mol. The first kappa shape index (κ1) is 23.7. The van der Waals surface area contributed by atoms with Crippen molar-refractivity contribution in [1.29, 1.82) is 0 Å². The van der Waals surface area contributed by atoms with E-state index in [9.17, 15) is 18.0 Å². The van der Waals surface area contributed by atoms with Crippen molar-refractivity contribution >= 4 is 55.0 Å². The summed E-state index contributed by atoms with van der Waals surface area (Å²) in [5.41, 5.74) is 2.29. The Balaban J connectivity index is 1.50. The van der Waals surface area contributed by atoms with Crippen LogP contribution in [-0.4, -0.2) is 24.0 Å². The standard InChI is InChI=1S/C25H19ClN4O5S/c1-14-22-24(29-35-14)23-19(26)6-3-7-20(23)30(25(22)32)17-5-2-4-15(12-17)13-21(31)28-16-8-10-18(11-9-16)36(27,33)34/h2-12H,13H2,1H3,(H,28,31)(H2,27,33,34). The lowest BCUT2D eigenvalue weighted by Gasteiger charge is -2.13. The Hall–Kier alpha value is -3.99. The number of benzene rings is 3. The first-order valence-corrected chi connectivity index (χ1v) is 12.7. The van der Waals surface area contributed by atoms with Gasteiger partial charge < -0.3 is 9.84 Å². The van der Waals surface area contributed by atoms with E-state index in [0.29, 0.717) is 49.5 Å². The van der Waals surface area contributed by atoms with E-state index in [0.717, 1.165) is 0 Å². The molecule has 3 N–H and O–H groups in total. The van der Waals surface area contributed by atoms with Crippen LogP contribution in [-0.2, 0) is 21.2 Å². The number of nitrogens with two attached hydrogens (primary N) is 1. The molecule has 0 fully saturated rings. The summed E-state index contributed by atoms with van der Waals surface area (Å²) in [5, 5.41) is 13.2. The summed E-state index contributed by atoms with van der Waals surface area (Å²) in [4.78, 5) is 26.1. The van der Waals surface area contributed by atoms with Gasteiger partial charge in [0.25, 0.3) is 5.56 Å². The number of hydrogen-bond donors (Lipinski definition) is 2. The van der Waals surface area contributed by atoms with Crippen molar-refractivity contribution in [2.24, 2.45) is 5.14 Å². The molecule has 11 heteroatoms. The average Bonchev–Trinajstić information content (AvgIpc) is 3.21. The second kappa shape index (κ2) is 8.90. The van der Waals surface area contributed by atoms with Crippen LogP contribution in [0.2, 0.25) is 5.02 Å². The molecule has 0 saturated heterocycles. The third-order valence-corrected chi connectivity index (χ3v) is 6.99. The van der Waals surface area contributed by atoms with E-state index in [1.165, 1.54) is 28.8 Å². The minimum absolute atomic E-state index is 0.0206. The second-order valence-corrected chi connectivity index (χ2v) is 10.2. The number of carbonyl (C=O) groups excluding carboxylic acids is 1. The number of hydrogen-bond acceptors (Lipinski definition) is 6. The van der Waals surface area contributed by atoms with Gasteiger partial charge in [-0.05, 0) is 61.0 Å². The Kier molecular flexibility index (Phi) is 5.87. The van der Waals surface area contributed by atoms with Gasteiger partial charge in [-0.2, -0.15) is 0 Å². The van der Waals surface area contributed by atoms with Gasteiger partial charge in [0.2, 0.25) is 15.9 Å². The van der Waals surface area contributed by atoms with Crippen LogP contribution in [0.1, 0.15) is 11.3 Å². The molecule has 0 unspecified atom stereocenters. The topological polar surface area (TPSA) is 137 Å². The van der Waals surface area contributed by atoms with Gasteiger partial charge in [-0.25, -0.2) is 13.6 Å². The number of nitrogens with one attached hydrogen (secondary N) is 1. The fraction of sp³-hybridized carbons (Fsp3) is 0.0800. The van der Waals surface area contributed by atoms with Crippen molar-refractivity contribution in [3.8, 4) is 5.69 Å². The highest BCUT2D eigenvalue weighted by Crippen LogP contribution is 2.31. The van der Waals surface area contributed by atoms with Crippen molar-refractivity contribution in [3.05, 3.63) is 93.4 Å². The zero-order valence-corrected chi connectivity index (χ0v) is 20.4. The lowest BCUT2D eigenvalue weighted by Crippen LogP contribution is -2.20. The summed E-state index contributed by atoms with van der Waals surface area (Å²) in [7, 11) is -3.82. The van der Waals surface area contributed by atoms with Crippen LogP contribution in [0.25, 0.3) is 27.5 Å². The van der Waals surface area contributed by atoms with E-state index >= 15 is 0 Å². The lowest BCUT2D eigenvalue weighted by molar-refractivity contribution is -0.115. The number of pyridine rings is 1. The molecule has 36 heavy (non-hydrogen) atoms. The van der Waals surface area contributed by atoms with Gasteiger partial charge in [0.05, 0.1) is 21.9 Å². The van der Waals surface area contributed by atoms with Crippen LogP contribution < -0.4 is 16.0 Å². The van der Waals surface area contributed by atoms with Crippen LogP contribution in [0, 0.1) is 6.92 Å². The van der Waals surface area contributed by atoms with Crippen LogP contribution in [0.5, 0.6) is 0 Å². The molecule has 2 aromatic heterocycles. The molecule has 0 aliphatic heterocycles. The Labute approximate surface area is 210 Å². The molecule has 182 valence electrons. The first-order chi connectivity index (χ1) is 17.1. The molecule has 0 aliphatic carbocycles. The molecule has 0 bridgehead atoms. The minimum atomic E-state index is -3.82. The highest BCUT2D eigenvalue weighted by molar-refractivity contribution is 7.89. The number of amides is 1. The number of halogens is 1. The number of sulfonamides is 1. The predicted molar refractivity (Wildman–Crippen MR) is 137 cm³/mol. The number of aryl methyl sites for hydroxylation is 1. The van der Waals surface area contributed by atoms with Crippen LogP contribution >= 0.6 is 11.6 Å². The van der Waals surface area contributed by atoms with E-state index in [-0.39, 0.29) is 22.8 Å². The van der Waals surface area contributed by atoms with Crippen LogP contribution in [0.4, 0.5) is 5.69 Å². The van der Waals surface area contributed by atoms with Gasteiger partial charge in [0.15, 0.2) is 0 Å². The number of carbonyl (C=O) groups is 1. The van der Waals surface area contributed by atoms with Gasteiger partial charge in [-0.1, -0.05) is 35.0 Å². The quantitative estimate of drug-likeness (QED) is 0.359. The normalized spacial score (nSPS) is 11.8. The van der Waals surface area contributed by atoms with Crippen LogP contribution in [0.3, 0.4) is 0 Å². The largest absolute Gasteiger partial charge is 0.360 e. The maximum Gasteiger partial charge on any atom is 0.268 e. The number of rotatable bonds is 5. The fourth-order valence-corrected chi connectivity index (χ4v) is 4.90. The van der Waals surface area contributed by atoms with Crippen molar-refractivity contribution < 1.29 is 17.7 Å². The molecule has 0 aliphatic rings. The van der Waals surface area contributed by atoms with Crippen molar-refractivity contribution in [2.75, 3.05) is 5.32 Å². The Morgan fingerprint density at radius 2 is 1.81 bits per heavy atom. The number of nitrogens with zero attached hydrogens (tertiary/aromatic N) is 2. The van der Waals surface area contributed by atoms with E-state index < -0.39 is 10.0 Å². The molecular weight excluding hydrogens is 504 g/mol. The summed E-state index contributed by atoms with van der Waals surface area (Å²) in [6.07, 6.45) is 0.0206. The Bertz CT molecular complexity index is 1830. The van der Waals surface area contributed by atoms with Gasteiger partial charge in [0.1, 0.15) is 16.7 Å². The lowest BCUT2D eigenvalue weighted by atomic mass is 10.1. The third kappa shape index (κ3) is 4.26. The van der Waals surface area contributed by atoms with Gasteiger partial charge in [-0.3, -0.25) is 14.2 Å². The van der Waals surface area contributed by atoms with Gasteiger partial charge in [-0.15, -0.1) is 0 Å². The number of primary sulfonamides is 1. The molecule has 5 aromatic rings. The fourth-order valence-electron chi connectivity index (χ4n) is 4.13. The van der Waals surface area contributed by atoms with Crippen LogP contribution in [0.15, 0.2) is 80.9 Å². The summed E-state index contributed by atoms with van der Waals surface area (Å²) in [6.45, 7) is 1.67.